The number of anilines is 1. The van der Waals surface area contributed by atoms with Crippen LogP contribution < -0.4 is 10.6 Å². The summed E-state index contributed by atoms with van der Waals surface area (Å²) in [4.78, 5) is 27.1. The largest absolute Gasteiger partial charge is 0.345 e. The Hall–Kier alpha value is -2.66. The molecule has 2 aliphatic heterocycles. The molecule has 5 nitrogen and oxygen atoms in total. The maximum absolute atomic E-state index is 12.7. The maximum atomic E-state index is 12.7. The third kappa shape index (κ3) is 4.19. The summed E-state index contributed by atoms with van der Waals surface area (Å²) in [7, 11) is 0. The molecular formula is C22H25N3O2. The molecule has 2 amide bonds. The van der Waals surface area contributed by atoms with Gasteiger partial charge in [-0.15, -0.1) is 0 Å². The van der Waals surface area contributed by atoms with Crippen molar-refractivity contribution in [2.75, 3.05) is 18.4 Å². The predicted molar refractivity (Wildman–Crippen MR) is 105 cm³/mol. The van der Waals surface area contributed by atoms with Crippen molar-refractivity contribution in [3.63, 3.8) is 0 Å². The molecule has 1 fully saturated rings. The minimum absolute atomic E-state index is 0.0733. The Morgan fingerprint density at radius 1 is 1.04 bits per heavy atom. The van der Waals surface area contributed by atoms with E-state index in [0.29, 0.717) is 5.56 Å². The number of carbonyl (C=O) groups excluding carboxylic acids is 2. The first-order valence-electron chi connectivity index (χ1n) is 9.70. The average molecular weight is 363 g/mol. The summed E-state index contributed by atoms with van der Waals surface area (Å²) < 4.78 is 0. The lowest BCUT2D eigenvalue weighted by atomic mass is 9.97. The number of benzene rings is 2. The van der Waals surface area contributed by atoms with Crippen molar-refractivity contribution in [1.29, 1.82) is 0 Å². The first-order valence-corrected chi connectivity index (χ1v) is 9.70. The molecule has 27 heavy (non-hydrogen) atoms. The Balaban J connectivity index is 1.42. The summed E-state index contributed by atoms with van der Waals surface area (Å²) in [6.07, 6.45) is 4.14. The van der Waals surface area contributed by atoms with E-state index >= 15 is 0 Å². The topological polar surface area (TPSA) is 61.4 Å². The van der Waals surface area contributed by atoms with Crippen molar-refractivity contribution < 1.29 is 9.59 Å². The zero-order valence-electron chi connectivity index (χ0n) is 15.4. The molecule has 0 saturated carbocycles. The van der Waals surface area contributed by atoms with Gasteiger partial charge in [0.05, 0.1) is 12.5 Å². The first-order chi connectivity index (χ1) is 13.2. The van der Waals surface area contributed by atoms with Crippen LogP contribution in [0.4, 0.5) is 5.69 Å². The molecule has 0 aromatic heterocycles. The van der Waals surface area contributed by atoms with E-state index in [1.54, 1.807) is 0 Å². The minimum atomic E-state index is -0.296. The van der Waals surface area contributed by atoms with E-state index in [-0.39, 0.29) is 24.3 Å². The van der Waals surface area contributed by atoms with Gasteiger partial charge >= 0.3 is 0 Å². The second-order valence-corrected chi connectivity index (χ2v) is 7.40. The van der Waals surface area contributed by atoms with Crippen LogP contribution in [0, 0.1) is 0 Å². The Labute approximate surface area is 159 Å². The minimum Gasteiger partial charge on any atom is -0.345 e. The van der Waals surface area contributed by atoms with Crippen molar-refractivity contribution in [3.8, 4) is 0 Å². The quantitative estimate of drug-likeness (QED) is 0.874. The highest BCUT2D eigenvalue weighted by Gasteiger charge is 2.26. The lowest BCUT2D eigenvalue weighted by molar-refractivity contribution is -0.116. The molecule has 0 spiro atoms. The van der Waals surface area contributed by atoms with E-state index in [0.717, 1.165) is 30.9 Å². The highest BCUT2D eigenvalue weighted by Crippen LogP contribution is 2.30. The third-order valence-corrected chi connectivity index (χ3v) is 5.38. The molecule has 2 N–H and O–H groups in total. The van der Waals surface area contributed by atoms with Crippen LogP contribution in [0.25, 0.3) is 0 Å². The monoisotopic (exact) mass is 363 g/mol. The van der Waals surface area contributed by atoms with Crippen LogP contribution in [-0.2, 0) is 11.3 Å². The Bertz CT molecular complexity index is 826. The molecular weight excluding hydrogens is 338 g/mol. The van der Waals surface area contributed by atoms with Gasteiger partial charge in [0.15, 0.2) is 0 Å². The van der Waals surface area contributed by atoms with Crippen LogP contribution in [-0.4, -0.2) is 29.8 Å². The number of nitrogens with zero attached hydrogens (tertiary/aromatic N) is 1. The maximum Gasteiger partial charge on any atom is 0.251 e. The van der Waals surface area contributed by atoms with Gasteiger partial charge < -0.3 is 10.6 Å². The van der Waals surface area contributed by atoms with Crippen LogP contribution >= 0.6 is 0 Å². The van der Waals surface area contributed by atoms with E-state index in [1.165, 1.54) is 24.8 Å². The molecule has 5 heteroatoms. The Morgan fingerprint density at radius 2 is 1.78 bits per heavy atom. The molecule has 2 heterocycles. The Morgan fingerprint density at radius 3 is 2.56 bits per heavy atom. The van der Waals surface area contributed by atoms with Gasteiger partial charge in [0, 0.05) is 17.8 Å². The second kappa shape index (κ2) is 7.92. The van der Waals surface area contributed by atoms with Gasteiger partial charge in [-0.1, -0.05) is 36.8 Å². The number of rotatable bonds is 4. The zero-order chi connectivity index (χ0) is 18.6. The van der Waals surface area contributed by atoms with Crippen LogP contribution in [0.2, 0.25) is 0 Å². The summed E-state index contributed by atoms with van der Waals surface area (Å²) in [6, 6.07) is 15.1. The zero-order valence-corrected chi connectivity index (χ0v) is 15.4. The molecule has 2 aromatic carbocycles. The second-order valence-electron chi connectivity index (χ2n) is 7.40. The average Bonchev–Trinajstić information content (AvgIpc) is 2.69. The molecule has 1 atom stereocenters. The number of likely N-dealkylation sites (tertiary alicyclic amines) is 1. The summed E-state index contributed by atoms with van der Waals surface area (Å²) in [5.41, 5.74) is 3.58. The lowest BCUT2D eigenvalue weighted by Crippen LogP contribution is -2.35. The van der Waals surface area contributed by atoms with Crippen molar-refractivity contribution in [3.05, 3.63) is 65.2 Å². The summed E-state index contributed by atoms with van der Waals surface area (Å²) in [6.45, 7) is 3.26. The molecule has 0 radical (unpaired) electrons. The van der Waals surface area contributed by atoms with Crippen LogP contribution in [0.15, 0.2) is 48.5 Å². The van der Waals surface area contributed by atoms with Crippen LogP contribution in [0.5, 0.6) is 0 Å². The normalized spacial score (nSPS) is 19.9. The van der Waals surface area contributed by atoms with Crippen molar-refractivity contribution in [1.82, 2.24) is 10.2 Å². The van der Waals surface area contributed by atoms with E-state index in [1.807, 2.05) is 48.5 Å². The molecule has 0 aliphatic carbocycles. The molecule has 2 aromatic rings. The van der Waals surface area contributed by atoms with Crippen LogP contribution in [0.1, 0.15) is 53.2 Å². The van der Waals surface area contributed by atoms with E-state index in [9.17, 15) is 9.59 Å². The molecule has 140 valence electrons. The molecule has 4 rings (SSSR count). The number of amides is 2. The predicted octanol–water partition coefficient (Wildman–Crippen LogP) is 3.49. The SMILES string of the molecule is O=C1CC(NC(=O)c2ccc(CN3CCCCC3)cc2)c2ccccc2N1. The number of hydrogen-bond donors (Lipinski definition) is 2. The number of fused-ring (bicyclic) bond motifs is 1. The number of para-hydroxylation sites is 1. The van der Waals surface area contributed by atoms with Gasteiger partial charge in [-0.2, -0.15) is 0 Å². The van der Waals surface area contributed by atoms with Gasteiger partial charge in [-0.05, 0) is 55.3 Å². The number of nitrogens with one attached hydrogen (secondary N) is 2. The summed E-state index contributed by atoms with van der Waals surface area (Å²) >= 11 is 0. The fourth-order valence-corrected chi connectivity index (χ4v) is 3.92. The van der Waals surface area contributed by atoms with Crippen molar-refractivity contribution in [2.24, 2.45) is 0 Å². The molecule has 1 saturated heterocycles. The van der Waals surface area contributed by atoms with E-state index in [4.69, 9.17) is 0 Å². The number of piperidine rings is 1. The standard InChI is InChI=1S/C22H25N3O2/c26-21-14-20(18-6-2-3-7-19(18)23-21)24-22(27)17-10-8-16(9-11-17)15-25-12-4-1-5-13-25/h2-3,6-11,20H,1,4-5,12-15H2,(H,23,26)(H,24,27). The third-order valence-electron chi connectivity index (χ3n) is 5.38. The number of carbonyl (C=O) groups is 2. The lowest BCUT2D eigenvalue weighted by Gasteiger charge is -2.27. The summed E-state index contributed by atoms with van der Waals surface area (Å²) in [5, 5.41) is 5.87. The van der Waals surface area contributed by atoms with Crippen LogP contribution in [0.3, 0.4) is 0 Å². The van der Waals surface area contributed by atoms with Crippen molar-refractivity contribution >= 4 is 17.5 Å². The first kappa shape index (κ1) is 17.7. The fraction of sp³-hybridized carbons (Fsp3) is 0.364. The highest BCUT2D eigenvalue weighted by atomic mass is 16.2. The van der Waals surface area contributed by atoms with Gasteiger partial charge in [-0.3, -0.25) is 14.5 Å². The van der Waals surface area contributed by atoms with Crippen molar-refractivity contribution in [2.45, 2.75) is 38.3 Å². The number of hydrogen-bond acceptors (Lipinski definition) is 3. The highest BCUT2D eigenvalue weighted by molar-refractivity contribution is 5.98. The molecule has 2 aliphatic rings. The van der Waals surface area contributed by atoms with Gasteiger partial charge in [0.2, 0.25) is 5.91 Å². The van der Waals surface area contributed by atoms with Gasteiger partial charge in [0.1, 0.15) is 0 Å². The summed E-state index contributed by atoms with van der Waals surface area (Å²) in [5.74, 6) is -0.218. The molecule has 0 bridgehead atoms. The van der Waals surface area contributed by atoms with Gasteiger partial charge in [-0.25, -0.2) is 0 Å². The van der Waals surface area contributed by atoms with E-state index < -0.39 is 0 Å². The smallest absolute Gasteiger partial charge is 0.251 e. The van der Waals surface area contributed by atoms with E-state index in [2.05, 4.69) is 15.5 Å². The van der Waals surface area contributed by atoms with Gasteiger partial charge in [0.25, 0.3) is 5.91 Å². The Kier molecular flexibility index (Phi) is 5.21. The fourth-order valence-electron chi connectivity index (χ4n) is 3.92. The molecule has 1 unspecified atom stereocenters.